The zero-order valence-electron chi connectivity index (χ0n) is 8.99. The first-order valence-electron chi connectivity index (χ1n) is 5.01. The van der Waals surface area contributed by atoms with E-state index in [0.717, 1.165) is 4.47 Å². The summed E-state index contributed by atoms with van der Waals surface area (Å²) in [6.45, 7) is -0.00678. The molecule has 1 rings (SSSR count). The minimum atomic E-state index is -3.41. The van der Waals surface area contributed by atoms with E-state index in [0.29, 0.717) is 23.6 Å². The van der Waals surface area contributed by atoms with Crippen molar-refractivity contribution in [3.63, 3.8) is 0 Å². The first-order valence-corrected chi connectivity index (χ1v) is 7.83. The highest BCUT2D eigenvalue weighted by atomic mass is 79.9. The standard InChI is InChI=1S/C10H13BrClNO3S/c11-8-3-4-9(12)10(7-8)13-17(15,16)6-2-1-5-14/h3-4,7,13-14H,1-2,5-6H2. The van der Waals surface area contributed by atoms with Gasteiger partial charge in [0.25, 0.3) is 0 Å². The van der Waals surface area contributed by atoms with Gasteiger partial charge in [0, 0.05) is 11.1 Å². The fraction of sp³-hybridized carbons (Fsp3) is 0.400. The maximum absolute atomic E-state index is 11.7. The number of hydrogen-bond acceptors (Lipinski definition) is 3. The number of halogens is 2. The van der Waals surface area contributed by atoms with Gasteiger partial charge in [0.15, 0.2) is 0 Å². The van der Waals surface area contributed by atoms with Crippen LogP contribution in [0.4, 0.5) is 5.69 Å². The zero-order valence-corrected chi connectivity index (χ0v) is 12.1. The van der Waals surface area contributed by atoms with Crippen LogP contribution in [-0.2, 0) is 10.0 Å². The maximum Gasteiger partial charge on any atom is 0.232 e. The molecule has 0 atom stereocenters. The Morgan fingerprint density at radius 3 is 2.71 bits per heavy atom. The number of anilines is 1. The Hall–Kier alpha value is -0.300. The van der Waals surface area contributed by atoms with Gasteiger partial charge in [-0.15, -0.1) is 0 Å². The Morgan fingerprint density at radius 2 is 2.06 bits per heavy atom. The number of nitrogens with one attached hydrogen (secondary N) is 1. The molecule has 0 fully saturated rings. The minimum absolute atomic E-state index is 0.00678. The second-order valence-corrected chi connectivity index (χ2v) is 6.64. The summed E-state index contributed by atoms with van der Waals surface area (Å²) in [5.74, 6) is -0.0313. The van der Waals surface area contributed by atoms with Gasteiger partial charge in [0.05, 0.1) is 16.5 Å². The summed E-state index contributed by atoms with van der Waals surface area (Å²) in [5, 5.41) is 8.94. The smallest absolute Gasteiger partial charge is 0.232 e. The van der Waals surface area contributed by atoms with Crippen molar-refractivity contribution in [3.8, 4) is 0 Å². The van der Waals surface area contributed by atoms with Gasteiger partial charge in [0.2, 0.25) is 10.0 Å². The number of aliphatic hydroxyl groups excluding tert-OH is 1. The van der Waals surface area contributed by atoms with Crippen molar-refractivity contribution < 1.29 is 13.5 Å². The van der Waals surface area contributed by atoms with E-state index in [-0.39, 0.29) is 12.4 Å². The molecule has 0 spiro atoms. The highest BCUT2D eigenvalue weighted by Crippen LogP contribution is 2.26. The van der Waals surface area contributed by atoms with Crippen molar-refractivity contribution >= 4 is 43.2 Å². The average molecular weight is 343 g/mol. The molecular formula is C10H13BrClNO3S. The van der Waals surface area contributed by atoms with Gasteiger partial charge in [-0.25, -0.2) is 8.42 Å². The van der Waals surface area contributed by atoms with Crippen LogP contribution < -0.4 is 4.72 Å². The highest BCUT2D eigenvalue weighted by molar-refractivity contribution is 9.10. The van der Waals surface area contributed by atoms with Crippen LogP contribution in [0.5, 0.6) is 0 Å². The van der Waals surface area contributed by atoms with Gasteiger partial charge in [-0.3, -0.25) is 4.72 Å². The predicted molar refractivity (Wildman–Crippen MR) is 72.9 cm³/mol. The monoisotopic (exact) mass is 341 g/mol. The van der Waals surface area contributed by atoms with Crippen molar-refractivity contribution in [2.75, 3.05) is 17.1 Å². The topological polar surface area (TPSA) is 66.4 Å². The van der Waals surface area contributed by atoms with E-state index in [2.05, 4.69) is 20.7 Å². The summed E-state index contributed by atoms with van der Waals surface area (Å²) >= 11 is 9.12. The van der Waals surface area contributed by atoms with Crippen molar-refractivity contribution in [3.05, 3.63) is 27.7 Å². The molecule has 1 aromatic rings. The van der Waals surface area contributed by atoms with Gasteiger partial charge in [0.1, 0.15) is 0 Å². The molecule has 0 heterocycles. The molecule has 4 nitrogen and oxygen atoms in total. The lowest BCUT2D eigenvalue weighted by Gasteiger charge is -2.09. The Labute approximate surface area is 114 Å². The largest absolute Gasteiger partial charge is 0.396 e. The molecule has 1 aromatic carbocycles. The molecule has 0 radical (unpaired) electrons. The third kappa shape index (κ3) is 5.25. The first kappa shape index (κ1) is 14.8. The van der Waals surface area contributed by atoms with E-state index in [4.69, 9.17) is 16.7 Å². The van der Waals surface area contributed by atoms with E-state index in [1.165, 1.54) is 0 Å². The molecule has 0 saturated heterocycles. The van der Waals surface area contributed by atoms with Gasteiger partial charge >= 0.3 is 0 Å². The molecule has 17 heavy (non-hydrogen) atoms. The third-order valence-electron chi connectivity index (χ3n) is 2.02. The number of hydrogen-bond donors (Lipinski definition) is 2. The molecule has 7 heteroatoms. The number of benzene rings is 1. The Morgan fingerprint density at radius 1 is 1.35 bits per heavy atom. The Bertz CT molecular complexity index is 478. The van der Waals surface area contributed by atoms with Crippen molar-refractivity contribution in [2.45, 2.75) is 12.8 Å². The van der Waals surface area contributed by atoms with Crippen LogP contribution >= 0.6 is 27.5 Å². The van der Waals surface area contributed by atoms with E-state index in [9.17, 15) is 8.42 Å². The van der Waals surface area contributed by atoms with E-state index in [1.54, 1.807) is 18.2 Å². The number of unbranched alkanes of at least 4 members (excludes halogenated alkanes) is 1. The average Bonchev–Trinajstić information content (AvgIpc) is 2.23. The quantitative estimate of drug-likeness (QED) is 0.781. The summed E-state index contributed by atoms with van der Waals surface area (Å²) in [4.78, 5) is 0. The number of rotatable bonds is 6. The Balaban J connectivity index is 2.72. The van der Waals surface area contributed by atoms with Gasteiger partial charge in [-0.2, -0.15) is 0 Å². The molecule has 0 aromatic heterocycles. The molecule has 0 amide bonds. The SMILES string of the molecule is O=S(=O)(CCCCO)Nc1cc(Br)ccc1Cl. The molecule has 0 saturated carbocycles. The predicted octanol–water partition coefficient (Wildman–Crippen LogP) is 2.62. The van der Waals surface area contributed by atoms with Crippen LogP contribution in [0.1, 0.15) is 12.8 Å². The molecular weight excluding hydrogens is 330 g/mol. The van der Waals surface area contributed by atoms with E-state index in [1.807, 2.05) is 0 Å². The van der Waals surface area contributed by atoms with Gasteiger partial charge in [-0.1, -0.05) is 27.5 Å². The number of aliphatic hydroxyl groups is 1. The van der Waals surface area contributed by atoms with Crippen LogP contribution in [0, 0.1) is 0 Å². The highest BCUT2D eigenvalue weighted by Gasteiger charge is 2.12. The van der Waals surface area contributed by atoms with Gasteiger partial charge in [-0.05, 0) is 31.0 Å². The van der Waals surface area contributed by atoms with Crippen molar-refractivity contribution in [2.24, 2.45) is 0 Å². The van der Waals surface area contributed by atoms with Gasteiger partial charge < -0.3 is 5.11 Å². The second kappa shape index (κ2) is 6.58. The number of sulfonamides is 1. The molecule has 0 aliphatic rings. The summed E-state index contributed by atoms with van der Waals surface area (Å²) in [7, 11) is -3.41. The first-order chi connectivity index (χ1) is 7.94. The van der Waals surface area contributed by atoms with Crippen LogP contribution in [0.3, 0.4) is 0 Å². The summed E-state index contributed by atoms with van der Waals surface area (Å²) in [6, 6.07) is 4.94. The molecule has 0 aliphatic carbocycles. The normalized spacial score (nSPS) is 11.5. The molecule has 2 N–H and O–H groups in total. The van der Waals surface area contributed by atoms with Crippen LogP contribution in [-0.4, -0.2) is 25.9 Å². The van der Waals surface area contributed by atoms with Crippen LogP contribution in [0.25, 0.3) is 0 Å². The zero-order chi connectivity index (χ0) is 12.9. The summed E-state index contributed by atoms with van der Waals surface area (Å²) in [5.41, 5.74) is 0.352. The maximum atomic E-state index is 11.7. The van der Waals surface area contributed by atoms with Crippen LogP contribution in [0.2, 0.25) is 5.02 Å². The lowest BCUT2D eigenvalue weighted by molar-refractivity contribution is 0.287. The van der Waals surface area contributed by atoms with Crippen LogP contribution in [0.15, 0.2) is 22.7 Å². The van der Waals surface area contributed by atoms with E-state index < -0.39 is 10.0 Å². The fourth-order valence-electron chi connectivity index (χ4n) is 1.20. The molecule has 0 unspecified atom stereocenters. The summed E-state index contributed by atoms with van der Waals surface area (Å²) in [6.07, 6.45) is 0.880. The fourth-order valence-corrected chi connectivity index (χ4v) is 2.97. The lowest BCUT2D eigenvalue weighted by atomic mass is 10.3. The molecule has 96 valence electrons. The van der Waals surface area contributed by atoms with Crippen molar-refractivity contribution in [1.29, 1.82) is 0 Å². The second-order valence-electron chi connectivity index (χ2n) is 3.48. The lowest BCUT2D eigenvalue weighted by Crippen LogP contribution is -2.17. The molecule has 0 aliphatic heterocycles. The van der Waals surface area contributed by atoms with E-state index >= 15 is 0 Å². The third-order valence-corrected chi connectivity index (χ3v) is 4.19. The van der Waals surface area contributed by atoms with Crippen molar-refractivity contribution in [1.82, 2.24) is 0 Å². The molecule has 0 bridgehead atoms. The minimum Gasteiger partial charge on any atom is -0.396 e. The Kier molecular flexibility index (Phi) is 5.72. The summed E-state index contributed by atoms with van der Waals surface area (Å²) < 4.78 is 26.5.